The zero-order chi connectivity index (χ0) is 35.8. The van der Waals surface area contributed by atoms with Gasteiger partial charge in [-0.3, -0.25) is 24.2 Å². The fourth-order valence-corrected chi connectivity index (χ4v) is 6.56. The Balaban J connectivity index is 0.00000273. The summed E-state index contributed by atoms with van der Waals surface area (Å²) in [5.74, 6) is -4.13. The van der Waals surface area contributed by atoms with Crippen LogP contribution >= 0.6 is 0 Å². The van der Waals surface area contributed by atoms with E-state index in [2.05, 4.69) is 17.2 Å². The van der Waals surface area contributed by atoms with Gasteiger partial charge < -0.3 is 24.3 Å². The van der Waals surface area contributed by atoms with Crippen molar-refractivity contribution in [3.63, 3.8) is 0 Å². The van der Waals surface area contributed by atoms with Crippen molar-refractivity contribution in [1.29, 1.82) is 0 Å². The van der Waals surface area contributed by atoms with Gasteiger partial charge in [-0.1, -0.05) is 33.3 Å². The zero-order valence-electron chi connectivity index (χ0n) is 29.5. The lowest BCUT2D eigenvalue weighted by molar-refractivity contribution is -0.134. The number of carbonyl (C=O) groups is 3. The average molecular weight is 675 g/mol. The van der Waals surface area contributed by atoms with Gasteiger partial charge in [0.25, 0.3) is 11.8 Å². The van der Waals surface area contributed by atoms with E-state index < -0.39 is 51.6 Å². The minimum absolute atomic E-state index is 0. The molecule has 2 aliphatic rings. The molecule has 1 fully saturated rings. The van der Waals surface area contributed by atoms with Gasteiger partial charge in [0.2, 0.25) is 11.2 Å². The van der Waals surface area contributed by atoms with E-state index in [-0.39, 0.29) is 37.3 Å². The maximum atomic E-state index is 14.3. The summed E-state index contributed by atoms with van der Waals surface area (Å²) in [6, 6.07) is 2.82. The predicted octanol–water partition coefficient (Wildman–Crippen LogP) is 6.28. The van der Waals surface area contributed by atoms with E-state index in [9.17, 15) is 28.0 Å². The molecule has 1 aromatic carbocycles. The number of nitrogens with zero attached hydrogens (tertiary/aromatic N) is 3. The number of fused-ring (bicyclic) bond motifs is 4. The van der Waals surface area contributed by atoms with Crippen molar-refractivity contribution in [2.45, 2.75) is 105 Å². The van der Waals surface area contributed by atoms with E-state index >= 15 is 0 Å². The molecule has 1 N–H and O–H groups in total. The second kappa shape index (κ2) is 16.5. The third kappa shape index (κ3) is 8.02. The van der Waals surface area contributed by atoms with Crippen LogP contribution < -0.4 is 15.5 Å². The molecule has 2 amide bonds. The summed E-state index contributed by atoms with van der Waals surface area (Å²) in [6.07, 6.45) is 5.28. The second-order valence-electron chi connectivity index (χ2n) is 12.9. The van der Waals surface area contributed by atoms with Gasteiger partial charge in [-0.2, -0.15) is 0 Å². The van der Waals surface area contributed by atoms with Crippen LogP contribution in [-0.2, 0) is 21.6 Å². The van der Waals surface area contributed by atoms with Gasteiger partial charge >= 0.3 is 5.97 Å². The van der Waals surface area contributed by atoms with Crippen LogP contribution in [0.15, 0.2) is 34.2 Å². The summed E-state index contributed by atoms with van der Waals surface area (Å²) in [4.78, 5) is 60.9. The van der Waals surface area contributed by atoms with Crippen LogP contribution in [-0.4, -0.2) is 66.3 Å². The Morgan fingerprint density at radius 3 is 2.50 bits per heavy atom. The number of hydrogen-bond donors (Lipinski definition) is 1. The fourth-order valence-electron chi connectivity index (χ4n) is 6.56. The lowest BCUT2D eigenvalue weighted by Gasteiger charge is -2.52. The first kappa shape index (κ1) is 38.5. The van der Waals surface area contributed by atoms with Crippen LogP contribution in [0.5, 0.6) is 5.75 Å². The van der Waals surface area contributed by atoms with Gasteiger partial charge in [0, 0.05) is 71.3 Å². The highest BCUT2D eigenvalue weighted by Gasteiger charge is 2.55. The van der Waals surface area contributed by atoms with Crippen LogP contribution in [0, 0.1) is 17.0 Å². The van der Waals surface area contributed by atoms with Crippen molar-refractivity contribution in [3.8, 4) is 5.75 Å². The quantitative estimate of drug-likeness (QED) is 0.161. The molecule has 12 heteroatoms. The number of pyridine rings is 1. The molecule has 2 aromatic rings. The lowest BCUT2D eigenvalue weighted by Crippen LogP contribution is -2.60. The summed E-state index contributed by atoms with van der Waals surface area (Å²) >= 11 is 0. The van der Waals surface area contributed by atoms with Gasteiger partial charge in [-0.15, -0.1) is 0 Å². The first-order valence-corrected chi connectivity index (χ1v) is 16.7. The third-order valence-electron chi connectivity index (χ3n) is 9.76. The number of ether oxygens (including phenoxy) is 2. The molecule has 0 saturated carbocycles. The molecule has 2 aliphatic heterocycles. The number of aliphatic imine (C=N–C) groups is 1. The number of benzene rings is 1. The van der Waals surface area contributed by atoms with E-state index in [1.165, 1.54) is 12.3 Å². The summed E-state index contributed by atoms with van der Waals surface area (Å²) in [7, 11) is 3.32. The Labute approximate surface area is 283 Å². The molecule has 266 valence electrons. The van der Waals surface area contributed by atoms with Crippen molar-refractivity contribution in [1.82, 2.24) is 14.8 Å². The van der Waals surface area contributed by atoms with Crippen LogP contribution in [0.4, 0.5) is 8.78 Å². The summed E-state index contributed by atoms with van der Waals surface area (Å²) < 4.78 is 40.2. The molecule has 2 bridgehead atoms. The van der Waals surface area contributed by atoms with Crippen molar-refractivity contribution >= 4 is 23.5 Å². The van der Waals surface area contributed by atoms with Gasteiger partial charge in [-0.05, 0) is 64.4 Å². The highest BCUT2D eigenvalue weighted by molar-refractivity contribution is 6.00. The number of amides is 2. The topological polar surface area (TPSA) is 119 Å². The lowest BCUT2D eigenvalue weighted by atomic mass is 9.65. The molecule has 0 radical (unpaired) electrons. The second-order valence-corrected chi connectivity index (χ2v) is 12.9. The van der Waals surface area contributed by atoms with Gasteiger partial charge in [0.1, 0.15) is 17.2 Å². The molecular formula is C36H52F2N4O6. The average Bonchev–Trinajstić information content (AvgIpc) is 3.14. The normalized spacial score (nSPS) is 21.9. The number of carbonyl (C=O) groups excluding carboxylic acids is 3. The largest absolute Gasteiger partial charge is 0.420 e. The Hall–Kier alpha value is -3.93. The molecule has 3 atom stereocenters. The van der Waals surface area contributed by atoms with Gasteiger partial charge in [0.05, 0.1) is 5.54 Å². The smallest absolute Gasteiger partial charge is 0.311 e. The maximum absolute atomic E-state index is 14.3. The molecule has 0 spiro atoms. The number of unbranched alkanes of at least 4 members (excludes halogenated alkanes) is 2. The summed E-state index contributed by atoms with van der Waals surface area (Å²) in [5, 5.41) is 2.54. The highest BCUT2D eigenvalue weighted by atomic mass is 19.1. The van der Waals surface area contributed by atoms with E-state index in [1.54, 1.807) is 23.6 Å². The van der Waals surface area contributed by atoms with E-state index in [1.807, 2.05) is 34.6 Å². The minimum Gasteiger partial charge on any atom is -0.420 e. The zero-order valence-corrected chi connectivity index (χ0v) is 29.5. The number of hydrogen-bond acceptors (Lipinski definition) is 7. The first-order chi connectivity index (χ1) is 22.8. The van der Waals surface area contributed by atoms with E-state index in [0.717, 1.165) is 24.6 Å². The van der Waals surface area contributed by atoms with Crippen molar-refractivity contribution < 1.29 is 34.1 Å². The molecule has 1 aromatic heterocycles. The van der Waals surface area contributed by atoms with Crippen LogP contribution in [0.3, 0.4) is 0 Å². The number of nitrogens with one attached hydrogen (secondary N) is 1. The minimum atomic E-state index is -0.923. The van der Waals surface area contributed by atoms with Crippen LogP contribution in [0.25, 0.3) is 0 Å². The molecule has 0 unspecified atom stereocenters. The Morgan fingerprint density at radius 1 is 1.15 bits per heavy atom. The van der Waals surface area contributed by atoms with Crippen molar-refractivity contribution in [2.75, 3.05) is 27.3 Å². The standard InChI is InChI=1S/C34H44F2N4O6.C2H6.H2/c1-21(37-5)17-33(3)14-13-22(2)39-20-34(33,4)40-19-25(31(43)38-18-23-11-12-24(35)16-26(23)36)29(42)30(28(40)32(39)44)46-27(41)10-8-7-9-15-45-6;1-2;/h11-12,16,19,22H,7-10,13-15,17-18,20H2,1-6H3,(H,38,43);1-2H3;1H/t22-,33+,34+;;/m0../s1. The summed E-state index contributed by atoms with van der Waals surface area (Å²) in [5.41, 5.74) is -1.78. The molecule has 3 heterocycles. The van der Waals surface area contributed by atoms with Crippen LogP contribution in [0.2, 0.25) is 0 Å². The third-order valence-corrected chi connectivity index (χ3v) is 9.76. The predicted molar refractivity (Wildman–Crippen MR) is 183 cm³/mol. The maximum Gasteiger partial charge on any atom is 0.311 e. The number of rotatable bonds is 12. The molecular weight excluding hydrogens is 622 g/mol. The highest BCUT2D eigenvalue weighted by Crippen LogP contribution is 2.51. The van der Waals surface area contributed by atoms with Gasteiger partial charge in [-0.25, -0.2) is 8.78 Å². The van der Waals surface area contributed by atoms with Crippen molar-refractivity contribution in [3.05, 3.63) is 63.1 Å². The van der Waals surface area contributed by atoms with E-state index in [4.69, 9.17) is 9.47 Å². The number of aromatic nitrogens is 1. The Morgan fingerprint density at radius 2 is 1.85 bits per heavy atom. The molecule has 4 rings (SSSR count). The van der Waals surface area contributed by atoms with Crippen LogP contribution in [0.1, 0.15) is 114 Å². The number of halogens is 2. The molecule has 10 nitrogen and oxygen atoms in total. The first-order valence-electron chi connectivity index (χ1n) is 16.7. The Kier molecular flexibility index (Phi) is 13.2. The van der Waals surface area contributed by atoms with Gasteiger partial charge in [0.15, 0.2) is 5.69 Å². The Bertz CT molecular complexity index is 1600. The fraction of sp³-hybridized carbons (Fsp3) is 0.583. The SMILES string of the molecule is CC.CN=C(C)C[C@@]1(C)CC[C@H](C)N2C[C@@]1(C)n1cc(C(=O)NCc3ccc(F)cc3F)c(=O)c(OC(=O)CCCCCOC)c1C2=O.[HH]. The number of methoxy groups -OCH3 is 1. The molecule has 1 saturated heterocycles. The monoisotopic (exact) mass is 674 g/mol. The summed E-state index contributed by atoms with van der Waals surface area (Å²) in [6.45, 7) is 12.5. The molecule has 48 heavy (non-hydrogen) atoms. The van der Waals surface area contributed by atoms with E-state index in [0.29, 0.717) is 44.9 Å². The number of esters is 1. The molecule has 0 aliphatic carbocycles. The van der Waals surface area contributed by atoms with Crippen molar-refractivity contribution in [2.24, 2.45) is 10.4 Å².